The summed E-state index contributed by atoms with van der Waals surface area (Å²) in [4.78, 5) is 12.1. The standard InChI is InChI=1S/C17H23N3O4S/c1-4-24-17(21)15-16(19-20-18-15)25(22,23)14-10-6-9-13(11-14)8-5-7-12(2)3/h6,9-12,15-16,18-20H,4,7H2,1-3H3. The van der Waals surface area contributed by atoms with Crippen LogP contribution in [0.4, 0.5) is 0 Å². The zero-order valence-corrected chi connectivity index (χ0v) is 15.3. The monoisotopic (exact) mass is 365 g/mol. The van der Waals surface area contributed by atoms with Crippen LogP contribution in [0.25, 0.3) is 0 Å². The zero-order valence-electron chi connectivity index (χ0n) is 14.5. The number of hydrazine groups is 2. The average molecular weight is 365 g/mol. The first kappa shape index (κ1) is 19.4. The lowest BCUT2D eigenvalue weighted by atomic mass is 10.1. The Labute approximate surface area is 148 Å². The van der Waals surface area contributed by atoms with Crippen LogP contribution in [0.5, 0.6) is 0 Å². The molecule has 0 radical (unpaired) electrons. The first-order valence-corrected chi connectivity index (χ1v) is 9.66. The van der Waals surface area contributed by atoms with E-state index in [0.717, 1.165) is 6.42 Å². The summed E-state index contributed by atoms with van der Waals surface area (Å²) in [5.74, 6) is 5.82. The molecule has 1 saturated heterocycles. The van der Waals surface area contributed by atoms with Gasteiger partial charge in [0.15, 0.2) is 21.3 Å². The molecule has 0 spiro atoms. The summed E-state index contributed by atoms with van der Waals surface area (Å²) in [7, 11) is -3.82. The molecule has 1 heterocycles. The van der Waals surface area contributed by atoms with Crippen molar-refractivity contribution in [3.63, 3.8) is 0 Å². The SMILES string of the molecule is CCOC(=O)C1NNNC1S(=O)(=O)c1cccc(C#CCC(C)C)c1. The maximum atomic E-state index is 12.9. The molecule has 1 aliphatic heterocycles. The van der Waals surface area contributed by atoms with Crippen LogP contribution < -0.4 is 16.4 Å². The number of esters is 1. The second-order valence-corrected chi connectivity index (χ2v) is 8.11. The summed E-state index contributed by atoms with van der Waals surface area (Å²) < 4.78 is 30.7. The molecule has 0 saturated carbocycles. The molecular weight excluding hydrogens is 342 g/mol. The topological polar surface area (TPSA) is 96.5 Å². The van der Waals surface area contributed by atoms with Crippen LogP contribution >= 0.6 is 0 Å². The van der Waals surface area contributed by atoms with Gasteiger partial charge in [-0.25, -0.2) is 19.3 Å². The van der Waals surface area contributed by atoms with Gasteiger partial charge in [-0.3, -0.25) is 4.79 Å². The predicted octanol–water partition coefficient (Wildman–Crippen LogP) is 0.728. The van der Waals surface area contributed by atoms with Gasteiger partial charge in [-0.05, 0) is 31.0 Å². The molecule has 1 aliphatic rings. The van der Waals surface area contributed by atoms with Gasteiger partial charge in [0.25, 0.3) is 0 Å². The van der Waals surface area contributed by atoms with Crippen molar-refractivity contribution in [1.82, 2.24) is 16.4 Å². The number of nitrogens with one attached hydrogen (secondary N) is 3. The van der Waals surface area contributed by atoms with Crippen LogP contribution in [-0.4, -0.2) is 32.4 Å². The fourth-order valence-corrected chi connectivity index (χ4v) is 3.88. The highest BCUT2D eigenvalue weighted by atomic mass is 32.2. The number of hydrogen-bond acceptors (Lipinski definition) is 7. The molecule has 8 heteroatoms. The van der Waals surface area contributed by atoms with Crippen LogP contribution in [0, 0.1) is 17.8 Å². The molecule has 7 nitrogen and oxygen atoms in total. The maximum Gasteiger partial charge on any atom is 0.327 e. The highest BCUT2D eigenvalue weighted by Gasteiger charge is 2.43. The predicted molar refractivity (Wildman–Crippen MR) is 93.6 cm³/mol. The normalized spacial score (nSPS) is 20.2. The molecular formula is C17H23N3O4S. The Morgan fingerprint density at radius 2 is 2.08 bits per heavy atom. The molecule has 0 bridgehead atoms. The van der Waals surface area contributed by atoms with Gasteiger partial charge in [0.2, 0.25) is 0 Å². The molecule has 2 atom stereocenters. The van der Waals surface area contributed by atoms with Crippen molar-refractivity contribution in [1.29, 1.82) is 0 Å². The van der Waals surface area contributed by atoms with Crippen molar-refractivity contribution >= 4 is 15.8 Å². The van der Waals surface area contributed by atoms with Crippen molar-refractivity contribution in [3.8, 4) is 11.8 Å². The second-order valence-electron chi connectivity index (χ2n) is 6.04. The summed E-state index contributed by atoms with van der Waals surface area (Å²) >= 11 is 0. The Balaban J connectivity index is 2.26. The second kappa shape index (κ2) is 8.45. The third-order valence-corrected chi connectivity index (χ3v) is 5.49. The Hall–Kier alpha value is -1.92. The van der Waals surface area contributed by atoms with Gasteiger partial charge in [0.05, 0.1) is 11.5 Å². The highest BCUT2D eigenvalue weighted by molar-refractivity contribution is 7.92. The first-order valence-electron chi connectivity index (χ1n) is 8.11. The molecule has 136 valence electrons. The lowest BCUT2D eigenvalue weighted by Gasteiger charge is -2.17. The van der Waals surface area contributed by atoms with E-state index in [2.05, 4.69) is 42.1 Å². The average Bonchev–Trinajstić information content (AvgIpc) is 3.05. The third-order valence-electron chi connectivity index (χ3n) is 3.53. The van der Waals surface area contributed by atoms with Gasteiger partial charge in [0.1, 0.15) is 0 Å². The third kappa shape index (κ3) is 4.80. The summed E-state index contributed by atoms with van der Waals surface area (Å²) in [5, 5.41) is -1.18. The van der Waals surface area contributed by atoms with Crippen molar-refractivity contribution in [2.45, 2.75) is 43.5 Å². The molecule has 25 heavy (non-hydrogen) atoms. The fourth-order valence-electron chi connectivity index (χ4n) is 2.28. The Bertz CT molecular complexity index is 781. The van der Waals surface area contributed by atoms with Crippen LogP contribution in [0.15, 0.2) is 29.2 Å². The molecule has 0 amide bonds. The zero-order chi connectivity index (χ0) is 18.4. The molecule has 2 unspecified atom stereocenters. The first-order chi connectivity index (χ1) is 11.9. The molecule has 1 fully saturated rings. The van der Waals surface area contributed by atoms with Gasteiger partial charge in [-0.1, -0.05) is 31.8 Å². The van der Waals surface area contributed by atoms with E-state index in [0.29, 0.717) is 11.5 Å². The number of benzene rings is 1. The molecule has 1 aromatic carbocycles. The molecule has 0 aromatic heterocycles. The van der Waals surface area contributed by atoms with E-state index in [1.807, 2.05) is 0 Å². The van der Waals surface area contributed by atoms with E-state index in [1.54, 1.807) is 19.1 Å². The van der Waals surface area contributed by atoms with Crippen LogP contribution in [0.3, 0.4) is 0 Å². The van der Waals surface area contributed by atoms with Crippen molar-refractivity contribution in [3.05, 3.63) is 29.8 Å². The van der Waals surface area contributed by atoms with Crippen molar-refractivity contribution in [2.75, 3.05) is 6.61 Å². The van der Waals surface area contributed by atoms with E-state index in [-0.39, 0.29) is 11.5 Å². The van der Waals surface area contributed by atoms with Crippen molar-refractivity contribution < 1.29 is 17.9 Å². The number of carbonyl (C=O) groups is 1. The van der Waals surface area contributed by atoms with Crippen LogP contribution in [-0.2, 0) is 19.4 Å². The highest BCUT2D eigenvalue weighted by Crippen LogP contribution is 2.20. The summed E-state index contributed by atoms with van der Waals surface area (Å²) in [5.41, 5.74) is 8.27. The van der Waals surface area contributed by atoms with Gasteiger partial charge in [-0.2, -0.15) is 5.53 Å². The molecule has 2 rings (SSSR count). The van der Waals surface area contributed by atoms with E-state index < -0.39 is 27.2 Å². The summed E-state index contributed by atoms with van der Waals surface area (Å²) in [6, 6.07) is 5.37. The largest absolute Gasteiger partial charge is 0.465 e. The maximum absolute atomic E-state index is 12.9. The number of hydrogen-bond donors (Lipinski definition) is 3. The minimum Gasteiger partial charge on any atom is -0.465 e. The number of sulfone groups is 1. The Morgan fingerprint density at radius 1 is 1.32 bits per heavy atom. The lowest BCUT2D eigenvalue weighted by Crippen LogP contribution is -2.46. The van der Waals surface area contributed by atoms with Crippen molar-refractivity contribution in [2.24, 2.45) is 5.92 Å². The van der Waals surface area contributed by atoms with Gasteiger partial charge >= 0.3 is 5.97 Å². The van der Waals surface area contributed by atoms with E-state index in [1.165, 1.54) is 12.1 Å². The Kier molecular flexibility index (Phi) is 6.56. The van der Waals surface area contributed by atoms with E-state index >= 15 is 0 Å². The van der Waals surface area contributed by atoms with E-state index in [9.17, 15) is 13.2 Å². The number of rotatable bonds is 5. The summed E-state index contributed by atoms with van der Waals surface area (Å²) in [6.07, 6.45) is 0.736. The fraction of sp³-hybridized carbons (Fsp3) is 0.471. The number of ether oxygens (including phenoxy) is 1. The summed E-state index contributed by atoms with van der Waals surface area (Å²) in [6.45, 7) is 5.97. The van der Waals surface area contributed by atoms with Crippen LogP contribution in [0.1, 0.15) is 32.8 Å². The lowest BCUT2D eigenvalue weighted by molar-refractivity contribution is -0.145. The molecule has 0 aliphatic carbocycles. The van der Waals surface area contributed by atoms with Crippen LogP contribution in [0.2, 0.25) is 0 Å². The van der Waals surface area contributed by atoms with Gasteiger partial charge < -0.3 is 4.74 Å². The van der Waals surface area contributed by atoms with Gasteiger partial charge in [0, 0.05) is 12.0 Å². The van der Waals surface area contributed by atoms with Gasteiger partial charge in [-0.15, -0.1) is 0 Å². The smallest absolute Gasteiger partial charge is 0.327 e. The minimum atomic E-state index is -3.82. The molecule has 1 aromatic rings. The minimum absolute atomic E-state index is 0.0983. The number of carbonyl (C=O) groups excluding carboxylic acids is 1. The Morgan fingerprint density at radius 3 is 2.76 bits per heavy atom. The molecule has 3 N–H and O–H groups in total. The van der Waals surface area contributed by atoms with E-state index in [4.69, 9.17) is 4.74 Å². The quantitative estimate of drug-likeness (QED) is 0.523.